The highest BCUT2D eigenvalue weighted by Crippen LogP contribution is 2.32. The molecule has 1 fully saturated rings. The van der Waals surface area contributed by atoms with E-state index >= 15 is 0 Å². The lowest BCUT2D eigenvalue weighted by Gasteiger charge is -2.15. The number of benzene rings is 2. The van der Waals surface area contributed by atoms with Crippen molar-refractivity contribution < 1.29 is 19.1 Å². The van der Waals surface area contributed by atoms with Gasteiger partial charge < -0.3 is 19.7 Å². The van der Waals surface area contributed by atoms with Gasteiger partial charge in [-0.1, -0.05) is 6.07 Å². The highest BCUT2D eigenvalue weighted by atomic mass is 16.7. The van der Waals surface area contributed by atoms with E-state index in [1.807, 2.05) is 30.3 Å². The second-order valence-electron chi connectivity index (χ2n) is 6.39. The maximum Gasteiger partial charge on any atom is 0.251 e. The van der Waals surface area contributed by atoms with Crippen LogP contribution in [-0.2, 0) is 11.2 Å². The van der Waals surface area contributed by atoms with Crippen LogP contribution in [0.5, 0.6) is 11.5 Å². The monoisotopic (exact) mass is 352 g/mol. The fourth-order valence-corrected chi connectivity index (χ4v) is 3.23. The quantitative estimate of drug-likeness (QED) is 0.898. The van der Waals surface area contributed by atoms with Crippen LogP contribution >= 0.6 is 0 Å². The minimum Gasteiger partial charge on any atom is -0.454 e. The topological polar surface area (TPSA) is 67.9 Å². The van der Waals surface area contributed by atoms with Crippen molar-refractivity contribution in [1.29, 1.82) is 0 Å². The molecular weight excluding hydrogens is 332 g/mol. The Morgan fingerprint density at radius 1 is 1.08 bits per heavy atom. The second-order valence-corrected chi connectivity index (χ2v) is 6.39. The second kappa shape index (κ2) is 7.07. The van der Waals surface area contributed by atoms with Gasteiger partial charge in [-0.25, -0.2) is 0 Å². The van der Waals surface area contributed by atoms with E-state index in [1.165, 1.54) is 0 Å². The van der Waals surface area contributed by atoms with Crippen LogP contribution in [0.2, 0.25) is 0 Å². The SMILES string of the molecule is O=C(NCCc1ccc2c(c1)OCO2)c1ccc(N2CCCC2=O)cc1. The van der Waals surface area contributed by atoms with Gasteiger partial charge in [-0.05, 0) is 54.8 Å². The first-order valence-electron chi connectivity index (χ1n) is 8.78. The first kappa shape index (κ1) is 16.4. The number of amides is 2. The first-order chi connectivity index (χ1) is 12.7. The Labute approximate surface area is 151 Å². The van der Waals surface area contributed by atoms with E-state index in [0.717, 1.165) is 35.7 Å². The van der Waals surface area contributed by atoms with Crippen molar-refractivity contribution in [2.24, 2.45) is 0 Å². The summed E-state index contributed by atoms with van der Waals surface area (Å²) in [6.07, 6.45) is 2.20. The molecule has 0 radical (unpaired) electrons. The van der Waals surface area contributed by atoms with Crippen molar-refractivity contribution in [2.45, 2.75) is 19.3 Å². The molecule has 2 heterocycles. The number of carbonyl (C=O) groups is 2. The number of nitrogens with one attached hydrogen (secondary N) is 1. The number of fused-ring (bicyclic) bond motifs is 1. The van der Waals surface area contributed by atoms with Gasteiger partial charge in [-0.15, -0.1) is 0 Å². The van der Waals surface area contributed by atoms with E-state index in [2.05, 4.69) is 5.32 Å². The Balaban J connectivity index is 1.31. The normalized spacial score (nSPS) is 15.4. The van der Waals surface area contributed by atoms with Crippen molar-refractivity contribution in [3.63, 3.8) is 0 Å². The van der Waals surface area contributed by atoms with E-state index in [-0.39, 0.29) is 18.6 Å². The summed E-state index contributed by atoms with van der Waals surface area (Å²) in [7, 11) is 0. The molecule has 0 aliphatic carbocycles. The van der Waals surface area contributed by atoms with E-state index in [1.54, 1.807) is 17.0 Å². The van der Waals surface area contributed by atoms with Crippen LogP contribution in [0.15, 0.2) is 42.5 Å². The predicted molar refractivity (Wildman–Crippen MR) is 96.6 cm³/mol. The van der Waals surface area contributed by atoms with Gasteiger partial charge in [0.15, 0.2) is 11.5 Å². The average Bonchev–Trinajstić information content (AvgIpc) is 3.30. The van der Waals surface area contributed by atoms with E-state index < -0.39 is 0 Å². The average molecular weight is 352 g/mol. The molecular formula is C20H20N2O4. The molecule has 0 aromatic heterocycles. The Morgan fingerprint density at radius 3 is 2.65 bits per heavy atom. The van der Waals surface area contributed by atoms with E-state index in [0.29, 0.717) is 24.9 Å². The molecule has 2 aliphatic heterocycles. The lowest BCUT2D eigenvalue weighted by atomic mass is 10.1. The summed E-state index contributed by atoms with van der Waals surface area (Å²) >= 11 is 0. The molecule has 4 rings (SSSR count). The fourth-order valence-electron chi connectivity index (χ4n) is 3.23. The van der Waals surface area contributed by atoms with E-state index in [4.69, 9.17) is 9.47 Å². The number of rotatable bonds is 5. The summed E-state index contributed by atoms with van der Waals surface area (Å²) in [4.78, 5) is 25.8. The zero-order valence-corrected chi connectivity index (χ0v) is 14.4. The molecule has 1 N–H and O–H groups in total. The molecule has 0 atom stereocenters. The molecule has 0 bridgehead atoms. The molecule has 0 saturated carbocycles. The standard InChI is InChI=1S/C20H20N2O4/c23-19-2-1-11-22(19)16-6-4-15(5-7-16)20(24)21-10-9-14-3-8-17-18(12-14)26-13-25-17/h3-8,12H,1-2,9-11,13H2,(H,21,24). The summed E-state index contributed by atoms with van der Waals surface area (Å²) in [5.41, 5.74) is 2.52. The summed E-state index contributed by atoms with van der Waals surface area (Å²) in [6.45, 7) is 1.54. The molecule has 2 aromatic carbocycles. The molecule has 26 heavy (non-hydrogen) atoms. The van der Waals surface area contributed by atoms with Crippen molar-refractivity contribution in [3.05, 3.63) is 53.6 Å². The molecule has 1 saturated heterocycles. The van der Waals surface area contributed by atoms with Gasteiger partial charge in [0.2, 0.25) is 12.7 Å². The molecule has 134 valence electrons. The minimum atomic E-state index is -0.120. The van der Waals surface area contributed by atoms with Gasteiger partial charge in [0, 0.05) is 30.8 Å². The number of hydrogen-bond donors (Lipinski definition) is 1. The Kier molecular flexibility index (Phi) is 4.48. The van der Waals surface area contributed by atoms with Crippen molar-refractivity contribution >= 4 is 17.5 Å². The third-order valence-corrected chi connectivity index (χ3v) is 4.65. The Morgan fingerprint density at radius 2 is 1.88 bits per heavy atom. The van der Waals surface area contributed by atoms with Crippen LogP contribution in [-0.4, -0.2) is 31.7 Å². The van der Waals surface area contributed by atoms with Crippen LogP contribution in [0.1, 0.15) is 28.8 Å². The number of carbonyl (C=O) groups excluding carboxylic acids is 2. The lowest BCUT2D eigenvalue weighted by Crippen LogP contribution is -2.26. The van der Waals surface area contributed by atoms with E-state index in [9.17, 15) is 9.59 Å². The van der Waals surface area contributed by atoms with Gasteiger partial charge >= 0.3 is 0 Å². The maximum atomic E-state index is 12.3. The highest BCUT2D eigenvalue weighted by Gasteiger charge is 2.21. The first-order valence-corrected chi connectivity index (χ1v) is 8.78. The maximum absolute atomic E-state index is 12.3. The number of nitrogens with zero attached hydrogens (tertiary/aromatic N) is 1. The van der Waals surface area contributed by atoms with Gasteiger partial charge in [0.1, 0.15) is 0 Å². The third kappa shape index (κ3) is 3.35. The van der Waals surface area contributed by atoms with Crippen LogP contribution in [0.3, 0.4) is 0 Å². The summed E-state index contributed by atoms with van der Waals surface area (Å²) in [5.74, 6) is 1.53. The van der Waals surface area contributed by atoms with Crippen LogP contribution < -0.4 is 19.7 Å². The summed E-state index contributed by atoms with van der Waals surface area (Å²) in [6, 6.07) is 13.0. The molecule has 0 spiro atoms. The van der Waals surface area contributed by atoms with Gasteiger partial charge in [-0.3, -0.25) is 9.59 Å². The van der Waals surface area contributed by atoms with Crippen molar-refractivity contribution in [2.75, 3.05) is 24.8 Å². The van der Waals surface area contributed by atoms with Gasteiger partial charge in [0.05, 0.1) is 0 Å². The molecule has 2 amide bonds. The summed E-state index contributed by atoms with van der Waals surface area (Å²) in [5, 5.41) is 2.92. The van der Waals surface area contributed by atoms with Crippen LogP contribution in [0, 0.1) is 0 Å². The lowest BCUT2D eigenvalue weighted by molar-refractivity contribution is -0.117. The number of ether oxygens (including phenoxy) is 2. The molecule has 6 nitrogen and oxygen atoms in total. The van der Waals surface area contributed by atoms with Crippen molar-refractivity contribution in [3.8, 4) is 11.5 Å². The molecule has 2 aliphatic rings. The Bertz CT molecular complexity index is 832. The van der Waals surface area contributed by atoms with Crippen molar-refractivity contribution in [1.82, 2.24) is 5.32 Å². The predicted octanol–water partition coefficient (Wildman–Crippen LogP) is 2.51. The zero-order valence-electron chi connectivity index (χ0n) is 14.4. The fraction of sp³-hybridized carbons (Fsp3) is 0.300. The molecule has 6 heteroatoms. The number of anilines is 1. The highest BCUT2D eigenvalue weighted by molar-refractivity contribution is 5.97. The minimum absolute atomic E-state index is 0.120. The Hall–Kier alpha value is -3.02. The van der Waals surface area contributed by atoms with Gasteiger partial charge in [0.25, 0.3) is 5.91 Å². The third-order valence-electron chi connectivity index (χ3n) is 4.65. The largest absolute Gasteiger partial charge is 0.454 e. The van der Waals surface area contributed by atoms with Gasteiger partial charge in [-0.2, -0.15) is 0 Å². The molecule has 0 unspecified atom stereocenters. The smallest absolute Gasteiger partial charge is 0.251 e. The molecule has 2 aromatic rings. The number of hydrogen-bond acceptors (Lipinski definition) is 4. The summed E-state index contributed by atoms with van der Waals surface area (Å²) < 4.78 is 10.6. The zero-order chi connectivity index (χ0) is 17.9. The van der Waals surface area contributed by atoms with Crippen LogP contribution in [0.25, 0.3) is 0 Å². The van der Waals surface area contributed by atoms with Crippen LogP contribution in [0.4, 0.5) is 5.69 Å².